The number of hydrogen-bond donors (Lipinski definition) is 5. The predicted octanol–water partition coefficient (Wildman–Crippen LogP) is 2.25. The molecular weight excluding hydrogens is 298 g/mol. The van der Waals surface area contributed by atoms with Crippen LogP contribution in [0.1, 0.15) is 43.8 Å². The molecule has 0 saturated heterocycles. The number of nitrogens with one attached hydrogen (secondary N) is 3. The fourth-order valence-corrected chi connectivity index (χ4v) is 2.44. The van der Waals surface area contributed by atoms with Crippen molar-refractivity contribution in [3.05, 3.63) is 70.6 Å². The number of hydrogen-bond acceptors (Lipinski definition) is 2. The van der Waals surface area contributed by atoms with Crippen molar-refractivity contribution in [2.24, 2.45) is 0 Å². The van der Waals surface area contributed by atoms with Crippen molar-refractivity contribution in [1.82, 2.24) is 15.0 Å². The lowest BCUT2D eigenvalue weighted by atomic mass is 10.2. The molecule has 23 heavy (non-hydrogen) atoms. The van der Waals surface area contributed by atoms with Gasteiger partial charge in [0.15, 0.2) is 0 Å². The summed E-state index contributed by atoms with van der Waals surface area (Å²) in [6.45, 7) is 0. The van der Waals surface area contributed by atoms with Gasteiger partial charge in [0, 0.05) is 35.6 Å². The van der Waals surface area contributed by atoms with E-state index >= 15 is 0 Å². The van der Waals surface area contributed by atoms with Crippen LogP contribution in [0.5, 0.6) is 0 Å². The van der Waals surface area contributed by atoms with Gasteiger partial charge in [-0.1, -0.05) is 0 Å². The molecule has 0 amide bonds. The number of aromatic carboxylic acids is 2. The van der Waals surface area contributed by atoms with Crippen LogP contribution in [0, 0.1) is 0 Å². The summed E-state index contributed by atoms with van der Waals surface area (Å²) >= 11 is 0. The topological polar surface area (TPSA) is 122 Å². The van der Waals surface area contributed by atoms with Gasteiger partial charge < -0.3 is 25.2 Å². The second-order valence-electron chi connectivity index (χ2n) is 5.27. The SMILES string of the molecule is O=C(O)c1ccc(Cc2ccc(Cc3ccc(C(=O)O)[nH]3)[nH]2)[nH]1. The third-order valence-electron chi connectivity index (χ3n) is 3.52. The first-order valence-corrected chi connectivity index (χ1v) is 7.00. The summed E-state index contributed by atoms with van der Waals surface area (Å²) in [7, 11) is 0. The molecule has 0 unspecified atom stereocenters. The molecule has 3 aromatic heterocycles. The summed E-state index contributed by atoms with van der Waals surface area (Å²) < 4.78 is 0. The van der Waals surface area contributed by atoms with Gasteiger partial charge in [0.25, 0.3) is 0 Å². The molecule has 7 heteroatoms. The molecule has 0 fully saturated rings. The Morgan fingerprint density at radius 2 is 1.00 bits per heavy atom. The van der Waals surface area contributed by atoms with Crippen LogP contribution in [0.4, 0.5) is 0 Å². The van der Waals surface area contributed by atoms with Crippen LogP contribution in [-0.4, -0.2) is 37.1 Å². The normalized spacial score (nSPS) is 10.8. The molecule has 7 nitrogen and oxygen atoms in total. The third-order valence-corrected chi connectivity index (χ3v) is 3.52. The molecule has 0 aliphatic heterocycles. The number of rotatable bonds is 6. The van der Waals surface area contributed by atoms with E-state index in [1.807, 2.05) is 12.1 Å². The molecule has 0 aliphatic rings. The van der Waals surface area contributed by atoms with Crippen LogP contribution in [0.15, 0.2) is 36.4 Å². The van der Waals surface area contributed by atoms with Crippen LogP contribution in [-0.2, 0) is 12.8 Å². The van der Waals surface area contributed by atoms with Gasteiger partial charge in [-0.25, -0.2) is 9.59 Å². The molecule has 3 aromatic rings. The largest absolute Gasteiger partial charge is 0.477 e. The maximum atomic E-state index is 10.8. The highest BCUT2D eigenvalue weighted by atomic mass is 16.4. The molecule has 0 atom stereocenters. The molecule has 0 spiro atoms. The summed E-state index contributed by atoms with van der Waals surface area (Å²) in [5, 5.41) is 17.8. The van der Waals surface area contributed by atoms with Crippen molar-refractivity contribution in [2.75, 3.05) is 0 Å². The van der Waals surface area contributed by atoms with E-state index in [9.17, 15) is 9.59 Å². The van der Waals surface area contributed by atoms with E-state index < -0.39 is 11.9 Å². The maximum Gasteiger partial charge on any atom is 0.352 e. The van der Waals surface area contributed by atoms with E-state index in [0.29, 0.717) is 12.8 Å². The van der Waals surface area contributed by atoms with E-state index in [-0.39, 0.29) is 11.4 Å². The number of carbonyl (C=O) groups is 2. The Labute approximate surface area is 131 Å². The summed E-state index contributed by atoms with van der Waals surface area (Å²) in [5.41, 5.74) is 3.85. The molecule has 0 radical (unpaired) electrons. The Bertz CT molecular complexity index is 787. The summed E-state index contributed by atoms with van der Waals surface area (Å²) in [5.74, 6) is -1.96. The van der Waals surface area contributed by atoms with Gasteiger partial charge >= 0.3 is 11.9 Å². The zero-order valence-electron chi connectivity index (χ0n) is 12.1. The quantitative estimate of drug-likeness (QED) is 0.479. The van der Waals surface area contributed by atoms with E-state index in [2.05, 4.69) is 15.0 Å². The summed E-state index contributed by atoms with van der Waals surface area (Å²) in [6.07, 6.45) is 1.14. The monoisotopic (exact) mass is 313 g/mol. The minimum absolute atomic E-state index is 0.166. The zero-order valence-corrected chi connectivity index (χ0v) is 12.1. The zero-order chi connectivity index (χ0) is 16.4. The number of carboxylic acid groups (broad SMARTS) is 2. The molecular formula is C16H15N3O4. The van der Waals surface area contributed by atoms with E-state index in [1.165, 1.54) is 12.1 Å². The molecule has 3 rings (SSSR count). The first kappa shape index (κ1) is 14.7. The highest BCUT2D eigenvalue weighted by Gasteiger charge is 2.09. The van der Waals surface area contributed by atoms with Crippen LogP contribution < -0.4 is 0 Å². The van der Waals surface area contributed by atoms with Gasteiger partial charge in [-0.05, 0) is 36.4 Å². The molecule has 118 valence electrons. The van der Waals surface area contributed by atoms with Crippen LogP contribution in [0.2, 0.25) is 0 Å². The number of H-pyrrole nitrogens is 3. The number of aromatic nitrogens is 3. The van der Waals surface area contributed by atoms with Gasteiger partial charge in [-0.15, -0.1) is 0 Å². The maximum absolute atomic E-state index is 10.8. The van der Waals surface area contributed by atoms with Gasteiger partial charge in [0.1, 0.15) is 11.4 Å². The second-order valence-corrected chi connectivity index (χ2v) is 5.27. The smallest absolute Gasteiger partial charge is 0.352 e. The predicted molar refractivity (Wildman–Crippen MR) is 81.9 cm³/mol. The lowest BCUT2D eigenvalue weighted by Gasteiger charge is -1.98. The minimum atomic E-state index is -0.982. The molecule has 0 bridgehead atoms. The second kappa shape index (κ2) is 5.88. The van der Waals surface area contributed by atoms with Gasteiger partial charge in [-0.3, -0.25) is 0 Å². The fraction of sp³-hybridized carbons (Fsp3) is 0.125. The summed E-state index contributed by atoms with van der Waals surface area (Å²) in [6, 6.07) is 10.4. The van der Waals surface area contributed by atoms with E-state index in [1.54, 1.807) is 12.1 Å². The first-order chi connectivity index (χ1) is 11.0. The Kier molecular flexibility index (Phi) is 3.76. The highest BCUT2D eigenvalue weighted by molar-refractivity contribution is 5.86. The summed E-state index contributed by atoms with van der Waals surface area (Å²) in [4.78, 5) is 30.6. The van der Waals surface area contributed by atoms with Gasteiger partial charge in [-0.2, -0.15) is 0 Å². The van der Waals surface area contributed by atoms with Crippen molar-refractivity contribution >= 4 is 11.9 Å². The van der Waals surface area contributed by atoms with Crippen molar-refractivity contribution in [2.45, 2.75) is 12.8 Å². The Balaban J connectivity index is 1.67. The van der Waals surface area contributed by atoms with Crippen molar-refractivity contribution in [3.63, 3.8) is 0 Å². The lowest BCUT2D eigenvalue weighted by Crippen LogP contribution is -1.98. The lowest BCUT2D eigenvalue weighted by molar-refractivity contribution is 0.0680. The van der Waals surface area contributed by atoms with Crippen LogP contribution >= 0.6 is 0 Å². The van der Waals surface area contributed by atoms with Crippen molar-refractivity contribution in [1.29, 1.82) is 0 Å². The third kappa shape index (κ3) is 3.34. The average molecular weight is 313 g/mol. The van der Waals surface area contributed by atoms with E-state index in [4.69, 9.17) is 10.2 Å². The number of aromatic amines is 3. The van der Waals surface area contributed by atoms with Crippen molar-refractivity contribution in [3.8, 4) is 0 Å². The number of carboxylic acids is 2. The molecule has 0 aromatic carbocycles. The van der Waals surface area contributed by atoms with Crippen LogP contribution in [0.25, 0.3) is 0 Å². The Hall–Kier alpha value is -3.22. The van der Waals surface area contributed by atoms with Gasteiger partial charge in [0.05, 0.1) is 0 Å². The first-order valence-electron chi connectivity index (χ1n) is 7.00. The van der Waals surface area contributed by atoms with Gasteiger partial charge in [0.2, 0.25) is 0 Å². The van der Waals surface area contributed by atoms with E-state index in [0.717, 1.165) is 22.8 Å². The molecule has 0 aliphatic carbocycles. The fourth-order valence-electron chi connectivity index (χ4n) is 2.44. The molecule has 3 heterocycles. The molecule has 0 saturated carbocycles. The Morgan fingerprint density at radius 3 is 1.35 bits per heavy atom. The minimum Gasteiger partial charge on any atom is -0.477 e. The Morgan fingerprint density at radius 1 is 0.652 bits per heavy atom. The van der Waals surface area contributed by atoms with Crippen LogP contribution in [0.3, 0.4) is 0 Å². The molecule has 5 N–H and O–H groups in total. The standard InChI is InChI=1S/C16H15N3O4/c20-15(21)13-5-3-11(18-13)7-9-1-2-10(17-9)8-12-4-6-14(19-12)16(22)23/h1-6,17-19H,7-8H2,(H,20,21)(H,22,23). The van der Waals surface area contributed by atoms with Crippen molar-refractivity contribution < 1.29 is 19.8 Å². The average Bonchev–Trinajstić information content (AvgIpc) is 3.21. The highest BCUT2D eigenvalue weighted by Crippen LogP contribution is 2.13.